The van der Waals surface area contributed by atoms with E-state index in [0.29, 0.717) is 16.9 Å². The van der Waals surface area contributed by atoms with Crippen molar-refractivity contribution < 1.29 is 18.7 Å². The maximum atomic E-state index is 12.2. The molecule has 0 spiro atoms. The van der Waals surface area contributed by atoms with Crippen LogP contribution in [0.2, 0.25) is 0 Å². The minimum absolute atomic E-state index is 0.0929. The second-order valence-corrected chi connectivity index (χ2v) is 8.04. The van der Waals surface area contributed by atoms with Crippen molar-refractivity contribution in [2.45, 2.75) is 20.0 Å². The van der Waals surface area contributed by atoms with Gasteiger partial charge in [0.2, 0.25) is 5.89 Å². The molecule has 33 heavy (non-hydrogen) atoms. The molecule has 2 aromatic carbocycles. The molecule has 0 radical (unpaired) electrons. The van der Waals surface area contributed by atoms with Crippen LogP contribution in [0.3, 0.4) is 0 Å². The number of nitrogens with zero attached hydrogens (tertiary/aromatic N) is 4. The molecule has 0 aliphatic rings. The Hall–Kier alpha value is -4.05. The van der Waals surface area contributed by atoms with E-state index < -0.39 is 30.8 Å². The molecular weight excluding hydrogens is 444 g/mol. The van der Waals surface area contributed by atoms with Crippen molar-refractivity contribution >= 4 is 23.2 Å². The number of ether oxygens (including phenoxy) is 1. The Balaban J connectivity index is 1.35. The first-order chi connectivity index (χ1) is 16.0. The van der Waals surface area contributed by atoms with Gasteiger partial charge in [-0.05, 0) is 24.6 Å². The zero-order valence-corrected chi connectivity index (χ0v) is 18.5. The van der Waals surface area contributed by atoms with E-state index in [0.717, 1.165) is 10.2 Å². The average Bonchev–Trinajstić information content (AvgIpc) is 3.40. The number of aromatic nitrogens is 3. The Morgan fingerprint density at radius 3 is 2.64 bits per heavy atom. The number of hydrogen-bond acceptors (Lipinski definition) is 7. The van der Waals surface area contributed by atoms with Gasteiger partial charge in [0.15, 0.2) is 11.4 Å². The molecule has 0 fully saturated rings. The standard InChI is InChI=1S/C23H20N4O5S/c1-16-7-9-17(10-8-16)13-26-11-12-33-22(26)24-19(28)15-31-20(29)14-27-23(30)32-21(25-27)18-5-3-2-4-6-18/h2-12H,13-15H2,1H3. The highest BCUT2D eigenvalue weighted by Crippen LogP contribution is 2.13. The fourth-order valence-corrected chi connectivity index (χ4v) is 3.69. The fourth-order valence-electron chi connectivity index (χ4n) is 2.95. The van der Waals surface area contributed by atoms with Gasteiger partial charge in [0, 0.05) is 23.7 Å². The second kappa shape index (κ2) is 10.0. The first-order valence-electron chi connectivity index (χ1n) is 10.0. The number of aryl methyl sites for hydroxylation is 1. The summed E-state index contributed by atoms with van der Waals surface area (Å²) in [6.45, 7) is 1.56. The molecule has 4 aromatic rings. The number of rotatable bonds is 7. The molecule has 0 saturated heterocycles. The molecule has 0 atom stereocenters. The molecular formula is C23H20N4O5S. The number of esters is 1. The SMILES string of the molecule is Cc1ccc(Cn2ccsc2=NC(=O)COC(=O)Cn2nc(-c3ccccc3)oc2=O)cc1. The zero-order chi connectivity index (χ0) is 23.2. The van der Waals surface area contributed by atoms with Gasteiger partial charge in [0.25, 0.3) is 5.91 Å². The summed E-state index contributed by atoms with van der Waals surface area (Å²) in [7, 11) is 0. The van der Waals surface area contributed by atoms with Crippen LogP contribution in [0.25, 0.3) is 11.5 Å². The highest BCUT2D eigenvalue weighted by Gasteiger charge is 2.15. The molecule has 4 rings (SSSR count). The summed E-state index contributed by atoms with van der Waals surface area (Å²) in [4.78, 5) is 40.8. The van der Waals surface area contributed by atoms with Gasteiger partial charge in [-0.3, -0.25) is 9.59 Å². The van der Waals surface area contributed by atoms with Crippen molar-refractivity contribution in [3.05, 3.63) is 92.7 Å². The van der Waals surface area contributed by atoms with Crippen molar-refractivity contribution in [3.63, 3.8) is 0 Å². The molecule has 0 aliphatic heterocycles. The number of thiazole rings is 1. The summed E-state index contributed by atoms with van der Waals surface area (Å²) in [6, 6.07) is 16.9. The second-order valence-electron chi connectivity index (χ2n) is 7.16. The molecule has 10 heteroatoms. The maximum Gasteiger partial charge on any atom is 0.437 e. The summed E-state index contributed by atoms with van der Waals surface area (Å²) in [5.41, 5.74) is 2.85. The van der Waals surface area contributed by atoms with E-state index in [1.807, 2.05) is 53.4 Å². The Morgan fingerprint density at radius 1 is 1.12 bits per heavy atom. The molecule has 0 aliphatic carbocycles. The van der Waals surface area contributed by atoms with Crippen LogP contribution >= 0.6 is 11.3 Å². The normalized spacial score (nSPS) is 11.5. The molecule has 0 bridgehead atoms. The van der Waals surface area contributed by atoms with Gasteiger partial charge < -0.3 is 13.7 Å². The lowest BCUT2D eigenvalue weighted by molar-refractivity contribution is -0.148. The van der Waals surface area contributed by atoms with Crippen molar-refractivity contribution in [1.29, 1.82) is 0 Å². The molecule has 1 amide bonds. The first-order valence-corrected chi connectivity index (χ1v) is 10.9. The van der Waals surface area contributed by atoms with Gasteiger partial charge in [0.1, 0.15) is 6.54 Å². The van der Waals surface area contributed by atoms with Crippen LogP contribution in [-0.2, 0) is 27.4 Å². The van der Waals surface area contributed by atoms with Crippen LogP contribution in [0.4, 0.5) is 0 Å². The van der Waals surface area contributed by atoms with Crippen LogP contribution < -0.4 is 10.6 Å². The van der Waals surface area contributed by atoms with Crippen molar-refractivity contribution in [3.8, 4) is 11.5 Å². The lowest BCUT2D eigenvalue weighted by atomic mass is 10.1. The van der Waals surface area contributed by atoms with E-state index in [-0.39, 0.29) is 5.89 Å². The summed E-state index contributed by atoms with van der Waals surface area (Å²) < 4.78 is 12.7. The molecule has 168 valence electrons. The van der Waals surface area contributed by atoms with E-state index in [2.05, 4.69) is 10.1 Å². The van der Waals surface area contributed by atoms with Gasteiger partial charge in [-0.25, -0.2) is 4.79 Å². The summed E-state index contributed by atoms with van der Waals surface area (Å²) in [5, 5.41) is 5.82. The van der Waals surface area contributed by atoms with Crippen LogP contribution in [0.1, 0.15) is 11.1 Å². The number of amides is 1. The van der Waals surface area contributed by atoms with Gasteiger partial charge >= 0.3 is 11.7 Å². The quantitative estimate of drug-likeness (QED) is 0.389. The number of carbonyl (C=O) groups is 2. The van der Waals surface area contributed by atoms with E-state index in [1.165, 1.54) is 16.9 Å². The molecule has 0 N–H and O–H groups in total. The van der Waals surface area contributed by atoms with Gasteiger partial charge in [0.05, 0.1) is 0 Å². The first kappa shape index (κ1) is 22.2. The zero-order valence-electron chi connectivity index (χ0n) is 17.7. The van der Waals surface area contributed by atoms with Crippen LogP contribution in [0.15, 0.2) is 80.4 Å². The molecule has 0 unspecified atom stereocenters. The lowest BCUT2D eigenvalue weighted by Gasteiger charge is -2.04. The molecule has 0 saturated carbocycles. The number of carbonyl (C=O) groups excluding carboxylic acids is 2. The number of hydrogen-bond donors (Lipinski definition) is 0. The van der Waals surface area contributed by atoms with Crippen molar-refractivity contribution in [1.82, 2.24) is 14.3 Å². The van der Waals surface area contributed by atoms with E-state index in [1.54, 1.807) is 24.3 Å². The van der Waals surface area contributed by atoms with Gasteiger partial charge in [-0.2, -0.15) is 9.67 Å². The summed E-state index contributed by atoms with van der Waals surface area (Å²) in [5.74, 6) is -2.11. The predicted octanol–water partition coefficient (Wildman–Crippen LogP) is 2.39. The van der Waals surface area contributed by atoms with Gasteiger partial charge in [-0.1, -0.05) is 48.0 Å². The summed E-state index contributed by atoms with van der Waals surface area (Å²) >= 11 is 1.31. The molecule has 9 nitrogen and oxygen atoms in total. The van der Waals surface area contributed by atoms with E-state index >= 15 is 0 Å². The Bertz CT molecular complexity index is 1380. The van der Waals surface area contributed by atoms with Crippen LogP contribution in [0, 0.1) is 6.92 Å². The third-order valence-corrected chi connectivity index (χ3v) is 5.41. The van der Waals surface area contributed by atoms with Crippen molar-refractivity contribution in [2.24, 2.45) is 4.99 Å². The fraction of sp³-hybridized carbons (Fsp3) is 0.174. The van der Waals surface area contributed by atoms with Crippen molar-refractivity contribution in [2.75, 3.05) is 6.61 Å². The maximum absolute atomic E-state index is 12.2. The van der Waals surface area contributed by atoms with Crippen LogP contribution in [0.5, 0.6) is 0 Å². The van der Waals surface area contributed by atoms with E-state index in [4.69, 9.17) is 9.15 Å². The predicted molar refractivity (Wildman–Crippen MR) is 120 cm³/mol. The van der Waals surface area contributed by atoms with Gasteiger partial charge in [-0.15, -0.1) is 16.4 Å². The summed E-state index contributed by atoms with van der Waals surface area (Å²) in [6.07, 6.45) is 1.84. The van der Waals surface area contributed by atoms with E-state index in [9.17, 15) is 14.4 Å². The third-order valence-electron chi connectivity index (χ3n) is 4.62. The van der Waals surface area contributed by atoms with Crippen LogP contribution in [-0.4, -0.2) is 32.8 Å². The average molecular weight is 465 g/mol. The topological polar surface area (TPSA) is 109 Å². The largest absolute Gasteiger partial charge is 0.454 e. The number of benzene rings is 2. The Kier molecular flexibility index (Phi) is 6.75. The highest BCUT2D eigenvalue weighted by atomic mass is 32.1. The molecule has 2 heterocycles. The third kappa shape index (κ3) is 5.80. The Morgan fingerprint density at radius 2 is 1.88 bits per heavy atom. The minimum atomic E-state index is -0.799. The monoisotopic (exact) mass is 464 g/mol. The smallest absolute Gasteiger partial charge is 0.437 e. The highest BCUT2D eigenvalue weighted by molar-refractivity contribution is 7.07. The minimum Gasteiger partial charge on any atom is -0.454 e. The lowest BCUT2D eigenvalue weighted by Crippen LogP contribution is -2.25. The molecule has 2 aromatic heterocycles. The Labute approximate surface area is 192 Å².